The van der Waals surface area contributed by atoms with Gasteiger partial charge in [0, 0.05) is 31.3 Å². The summed E-state index contributed by atoms with van der Waals surface area (Å²) in [5.41, 5.74) is 0.814. The number of piperidine rings is 1. The topological polar surface area (TPSA) is 59.0 Å². The number of ketones is 1. The lowest BCUT2D eigenvalue weighted by atomic mass is 9.88. The first kappa shape index (κ1) is 24.1. The van der Waals surface area contributed by atoms with Crippen molar-refractivity contribution in [2.75, 3.05) is 26.3 Å². The van der Waals surface area contributed by atoms with Crippen molar-refractivity contribution in [3.63, 3.8) is 0 Å². The average Bonchev–Trinajstić information content (AvgIpc) is 2.79. The van der Waals surface area contributed by atoms with E-state index >= 15 is 0 Å². The predicted octanol–water partition coefficient (Wildman–Crippen LogP) is 5.30. The van der Waals surface area contributed by atoms with Crippen molar-refractivity contribution in [1.29, 1.82) is 0 Å². The number of hydrogen-bond donors (Lipinski definition) is 1. The number of likely N-dealkylation sites (tertiary alicyclic amines) is 1. The van der Waals surface area contributed by atoms with Gasteiger partial charge in [-0.3, -0.25) is 4.79 Å². The molecule has 0 bridgehead atoms. The fourth-order valence-electron chi connectivity index (χ4n) is 4.84. The highest BCUT2D eigenvalue weighted by molar-refractivity contribution is 5.78. The SMILES string of the molecule is CCCCCCCC(=O)C[C@H](CN1CCCCC1C)[C@H](O)c1ccc2c(c1)OCCO2. The molecule has 1 aromatic carbocycles. The number of benzene rings is 1. The van der Waals surface area contributed by atoms with Crippen molar-refractivity contribution in [2.45, 2.75) is 90.2 Å². The zero-order chi connectivity index (χ0) is 22.1. The summed E-state index contributed by atoms with van der Waals surface area (Å²) in [4.78, 5) is 15.3. The summed E-state index contributed by atoms with van der Waals surface area (Å²) in [7, 11) is 0. The van der Waals surface area contributed by atoms with Gasteiger partial charge in [0.15, 0.2) is 11.5 Å². The molecule has 2 aliphatic rings. The monoisotopic (exact) mass is 431 g/mol. The standard InChI is InChI=1S/C26H41NO4/c1-3-4-5-6-7-11-23(28)17-22(19-27-14-9-8-10-20(27)2)26(29)21-12-13-24-25(18-21)31-16-15-30-24/h12-13,18,20,22,26,29H,3-11,14-17,19H2,1-2H3/t20?,22-,26-/m1/s1. The molecule has 2 heterocycles. The zero-order valence-corrected chi connectivity index (χ0v) is 19.5. The molecule has 3 rings (SSSR count). The Morgan fingerprint density at radius 3 is 2.68 bits per heavy atom. The highest BCUT2D eigenvalue weighted by Gasteiger charge is 2.29. The Balaban J connectivity index is 1.66. The van der Waals surface area contributed by atoms with E-state index in [-0.39, 0.29) is 11.7 Å². The van der Waals surface area contributed by atoms with Crippen LogP contribution in [-0.4, -0.2) is 48.1 Å². The third kappa shape index (κ3) is 7.21. The highest BCUT2D eigenvalue weighted by atomic mass is 16.6. The van der Waals surface area contributed by atoms with E-state index in [0.717, 1.165) is 37.2 Å². The van der Waals surface area contributed by atoms with Gasteiger partial charge >= 0.3 is 0 Å². The predicted molar refractivity (Wildman–Crippen MR) is 124 cm³/mol. The van der Waals surface area contributed by atoms with Crippen molar-refractivity contribution in [3.05, 3.63) is 23.8 Å². The van der Waals surface area contributed by atoms with E-state index in [1.807, 2.05) is 18.2 Å². The molecule has 1 saturated heterocycles. The maximum Gasteiger partial charge on any atom is 0.161 e. The van der Waals surface area contributed by atoms with Crippen LogP contribution in [-0.2, 0) is 4.79 Å². The normalized spacial score (nSPS) is 20.9. The van der Waals surface area contributed by atoms with Crippen LogP contribution in [0.3, 0.4) is 0 Å². The van der Waals surface area contributed by atoms with Gasteiger partial charge in [0.2, 0.25) is 0 Å². The summed E-state index contributed by atoms with van der Waals surface area (Å²) in [6.07, 6.45) is 9.79. The van der Waals surface area contributed by atoms with E-state index < -0.39 is 6.10 Å². The molecule has 1 aromatic rings. The maximum atomic E-state index is 12.8. The number of ether oxygens (including phenoxy) is 2. The molecule has 0 aromatic heterocycles. The molecule has 31 heavy (non-hydrogen) atoms. The van der Waals surface area contributed by atoms with E-state index in [0.29, 0.717) is 37.8 Å². The van der Waals surface area contributed by atoms with Gasteiger partial charge in [-0.15, -0.1) is 0 Å². The van der Waals surface area contributed by atoms with Crippen molar-refractivity contribution < 1.29 is 19.4 Å². The molecule has 0 radical (unpaired) electrons. The van der Waals surface area contributed by atoms with Crippen LogP contribution in [0.25, 0.3) is 0 Å². The summed E-state index contributed by atoms with van der Waals surface area (Å²) in [5, 5.41) is 11.3. The van der Waals surface area contributed by atoms with Crippen LogP contribution in [0.4, 0.5) is 0 Å². The minimum absolute atomic E-state index is 0.105. The van der Waals surface area contributed by atoms with Crippen LogP contribution >= 0.6 is 0 Å². The third-order valence-corrected chi connectivity index (χ3v) is 6.81. The first-order valence-electron chi connectivity index (χ1n) is 12.4. The molecule has 174 valence electrons. The van der Waals surface area contributed by atoms with Crippen LogP contribution in [0.15, 0.2) is 18.2 Å². The number of aliphatic hydroxyl groups excluding tert-OH is 1. The van der Waals surface area contributed by atoms with Gasteiger partial charge in [-0.05, 0) is 50.4 Å². The van der Waals surface area contributed by atoms with E-state index in [1.54, 1.807) is 0 Å². The Bertz CT molecular complexity index is 692. The van der Waals surface area contributed by atoms with Crippen LogP contribution in [0.5, 0.6) is 11.5 Å². The van der Waals surface area contributed by atoms with Crippen molar-refractivity contribution in [2.24, 2.45) is 5.92 Å². The van der Waals surface area contributed by atoms with Gasteiger partial charge in [0.25, 0.3) is 0 Å². The van der Waals surface area contributed by atoms with E-state index in [1.165, 1.54) is 38.5 Å². The molecule has 1 fully saturated rings. The van der Waals surface area contributed by atoms with Crippen molar-refractivity contribution >= 4 is 5.78 Å². The van der Waals surface area contributed by atoms with Gasteiger partial charge in [0.1, 0.15) is 19.0 Å². The molecule has 0 aliphatic carbocycles. The fraction of sp³-hybridized carbons (Fsp3) is 0.731. The van der Waals surface area contributed by atoms with Gasteiger partial charge in [0.05, 0.1) is 6.10 Å². The highest BCUT2D eigenvalue weighted by Crippen LogP contribution is 2.36. The molecule has 0 amide bonds. The van der Waals surface area contributed by atoms with Gasteiger partial charge in [-0.25, -0.2) is 0 Å². The zero-order valence-electron chi connectivity index (χ0n) is 19.5. The Morgan fingerprint density at radius 2 is 1.90 bits per heavy atom. The number of rotatable bonds is 12. The van der Waals surface area contributed by atoms with E-state index in [2.05, 4.69) is 18.7 Å². The molecular formula is C26H41NO4. The lowest BCUT2D eigenvalue weighted by molar-refractivity contribution is -0.121. The fourth-order valence-corrected chi connectivity index (χ4v) is 4.84. The van der Waals surface area contributed by atoms with Crippen LogP contribution < -0.4 is 9.47 Å². The second-order valence-corrected chi connectivity index (χ2v) is 9.35. The van der Waals surface area contributed by atoms with Gasteiger partial charge in [-0.1, -0.05) is 45.1 Å². The molecule has 0 spiro atoms. The van der Waals surface area contributed by atoms with Crippen LogP contribution in [0.1, 0.15) is 89.7 Å². The molecule has 1 N–H and O–H groups in total. The largest absolute Gasteiger partial charge is 0.486 e. The van der Waals surface area contributed by atoms with Crippen molar-refractivity contribution in [3.8, 4) is 11.5 Å². The molecule has 5 heteroatoms. The summed E-state index contributed by atoms with van der Waals surface area (Å²) in [6.45, 7) is 7.36. The molecule has 2 aliphatic heterocycles. The van der Waals surface area contributed by atoms with Crippen molar-refractivity contribution in [1.82, 2.24) is 4.90 Å². The third-order valence-electron chi connectivity index (χ3n) is 6.81. The average molecular weight is 432 g/mol. The molecule has 5 nitrogen and oxygen atoms in total. The Labute approximate surface area is 188 Å². The van der Waals surface area contributed by atoms with Gasteiger partial charge < -0.3 is 19.5 Å². The molecular weight excluding hydrogens is 390 g/mol. The second kappa shape index (κ2) is 12.4. The Hall–Kier alpha value is -1.59. The smallest absolute Gasteiger partial charge is 0.161 e. The second-order valence-electron chi connectivity index (χ2n) is 9.35. The van der Waals surface area contributed by atoms with Crippen LogP contribution in [0, 0.1) is 5.92 Å². The number of fused-ring (bicyclic) bond motifs is 1. The number of aliphatic hydroxyl groups is 1. The maximum absolute atomic E-state index is 12.8. The Kier molecular flexibility index (Phi) is 9.66. The number of nitrogens with zero attached hydrogens (tertiary/aromatic N) is 1. The van der Waals surface area contributed by atoms with E-state index in [9.17, 15) is 9.90 Å². The summed E-state index contributed by atoms with van der Waals surface area (Å²) >= 11 is 0. The number of carbonyl (C=O) groups excluding carboxylic acids is 1. The first-order valence-corrected chi connectivity index (χ1v) is 12.4. The summed E-state index contributed by atoms with van der Waals surface area (Å²) in [6, 6.07) is 6.19. The minimum atomic E-state index is -0.686. The molecule has 1 unspecified atom stereocenters. The van der Waals surface area contributed by atoms with Gasteiger partial charge in [-0.2, -0.15) is 0 Å². The molecule has 3 atom stereocenters. The lowest BCUT2D eigenvalue weighted by Gasteiger charge is -2.37. The first-order chi connectivity index (χ1) is 15.1. The number of hydrogen-bond acceptors (Lipinski definition) is 5. The quantitative estimate of drug-likeness (QED) is 0.455. The molecule has 0 saturated carbocycles. The minimum Gasteiger partial charge on any atom is -0.486 e. The number of carbonyl (C=O) groups is 1. The summed E-state index contributed by atoms with van der Waals surface area (Å²) in [5.74, 6) is 1.59. The number of Topliss-reactive ketones (excluding diaryl/α,β-unsaturated/α-hetero) is 1. The van der Waals surface area contributed by atoms with E-state index in [4.69, 9.17) is 9.47 Å². The number of unbranched alkanes of at least 4 members (excludes halogenated alkanes) is 4. The van der Waals surface area contributed by atoms with Crippen LogP contribution in [0.2, 0.25) is 0 Å². The lowest BCUT2D eigenvalue weighted by Crippen LogP contribution is -2.42. The summed E-state index contributed by atoms with van der Waals surface area (Å²) < 4.78 is 11.3. The Morgan fingerprint density at radius 1 is 1.13 bits per heavy atom.